The fourth-order valence-electron chi connectivity index (χ4n) is 11.2. The standard InChI is InChI=1S/C77H137NO8/c1-3-5-7-9-11-13-15-17-19-21-23-25-27-29-31-33-34-35-36-37-38-39-41-43-45-47-49-51-53-55-57-59-61-63-65-67-73(81)78-70(69-85-77-76(84)75(83)74(82)72(68-79)86-77)71(80)66-64-62-60-58-56-54-52-50-48-46-44-42-40-32-30-28-26-24-22-20-18-16-14-12-10-8-6-4-2/h5,7,11,13,17,19,23,25,29,31,34-35,56,58,64,66,70-72,74-77,79-80,82-84H,3-4,6,8-10,12,14-16,18,20-22,24,26-28,30,32-33,36-55,57,59-63,65,67-69H2,1-2H3,(H,78,81)/b7-5-,13-11-,19-17-,25-23-,31-29-,35-34-,58-56+,66-64+. The first kappa shape index (κ1) is 81.1. The second kappa shape index (κ2) is 65.1. The van der Waals surface area contributed by atoms with Crippen molar-refractivity contribution in [3.8, 4) is 0 Å². The molecule has 0 aromatic rings. The Bertz CT molecular complexity index is 1680. The minimum Gasteiger partial charge on any atom is -0.394 e. The molecule has 0 aromatic heterocycles. The minimum absolute atomic E-state index is 0.185. The SMILES string of the molecule is CC/C=C\C/C=C\C/C=C\C/C=C\C/C=C\C/C=C\CCCCCCCCCCCCCCCCCCC(=O)NC(COC1OC(CO)C(O)C(O)C1O)C(O)/C=C/CC/C=C/CCCCCCCCCCCCCCCCCCCCCCCC. The molecular weight excluding hydrogens is 1070 g/mol. The van der Waals surface area contributed by atoms with Gasteiger partial charge in [-0.1, -0.05) is 336 Å². The molecule has 1 amide bonds. The van der Waals surface area contributed by atoms with Crippen molar-refractivity contribution in [2.24, 2.45) is 0 Å². The molecule has 0 spiro atoms. The minimum atomic E-state index is -1.58. The van der Waals surface area contributed by atoms with Gasteiger partial charge in [-0.3, -0.25) is 4.79 Å². The molecule has 0 saturated carbocycles. The normalized spacial score (nSPS) is 18.6. The van der Waals surface area contributed by atoms with Gasteiger partial charge in [0.15, 0.2) is 6.29 Å². The first-order valence-electron chi connectivity index (χ1n) is 36.5. The van der Waals surface area contributed by atoms with Crippen LogP contribution in [0.4, 0.5) is 0 Å². The number of nitrogens with one attached hydrogen (secondary N) is 1. The summed E-state index contributed by atoms with van der Waals surface area (Å²) >= 11 is 0. The van der Waals surface area contributed by atoms with E-state index < -0.39 is 49.5 Å². The fourth-order valence-corrected chi connectivity index (χ4v) is 11.2. The third kappa shape index (κ3) is 53.0. The highest BCUT2D eigenvalue weighted by Crippen LogP contribution is 2.23. The number of aliphatic hydroxyl groups is 5. The van der Waals surface area contributed by atoms with Crippen LogP contribution in [0.2, 0.25) is 0 Å². The molecule has 1 rings (SSSR count). The molecule has 6 N–H and O–H groups in total. The smallest absolute Gasteiger partial charge is 0.220 e. The lowest BCUT2D eigenvalue weighted by Crippen LogP contribution is -2.60. The topological polar surface area (TPSA) is 149 Å². The maximum Gasteiger partial charge on any atom is 0.220 e. The Morgan fingerprint density at radius 1 is 0.407 bits per heavy atom. The molecule has 0 aliphatic carbocycles. The zero-order chi connectivity index (χ0) is 62.1. The molecule has 9 heteroatoms. The lowest BCUT2D eigenvalue weighted by molar-refractivity contribution is -0.302. The van der Waals surface area contributed by atoms with Gasteiger partial charge in [-0.2, -0.15) is 0 Å². The Kier molecular flexibility index (Phi) is 61.4. The van der Waals surface area contributed by atoms with Crippen LogP contribution in [0.5, 0.6) is 0 Å². The maximum atomic E-state index is 13.1. The van der Waals surface area contributed by atoms with Crippen LogP contribution in [0.3, 0.4) is 0 Å². The number of aliphatic hydroxyl groups excluding tert-OH is 5. The fraction of sp³-hybridized carbons (Fsp3) is 0.779. The Hall–Kier alpha value is -2.89. The van der Waals surface area contributed by atoms with Gasteiger partial charge in [0, 0.05) is 6.42 Å². The van der Waals surface area contributed by atoms with E-state index in [9.17, 15) is 30.3 Å². The summed E-state index contributed by atoms with van der Waals surface area (Å²) < 4.78 is 11.3. The number of hydrogen-bond donors (Lipinski definition) is 6. The Labute approximate surface area is 530 Å². The molecule has 0 radical (unpaired) electrons. The monoisotopic (exact) mass is 1200 g/mol. The van der Waals surface area contributed by atoms with Crippen LogP contribution in [-0.4, -0.2) is 87.5 Å². The van der Waals surface area contributed by atoms with Gasteiger partial charge in [0.25, 0.3) is 0 Å². The zero-order valence-electron chi connectivity index (χ0n) is 55.8. The van der Waals surface area contributed by atoms with Gasteiger partial charge in [-0.15, -0.1) is 0 Å². The number of hydrogen-bond acceptors (Lipinski definition) is 8. The molecule has 1 aliphatic heterocycles. The van der Waals surface area contributed by atoms with E-state index in [2.05, 4.69) is 104 Å². The summed E-state index contributed by atoms with van der Waals surface area (Å²) in [7, 11) is 0. The number of carbonyl (C=O) groups is 1. The van der Waals surface area contributed by atoms with Crippen molar-refractivity contribution in [2.45, 2.75) is 371 Å². The summed E-state index contributed by atoms with van der Waals surface area (Å²) in [5.74, 6) is -0.185. The van der Waals surface area contributed by atoms with Gasteiger partial charge >= 0.3 is 0 Å². The quantitative estimate of drug-likeness (QED) is 0.0261. The first-order chi connectivity index (χ1) is 42.3. The number of ether oxygens (including phenoxy) is 2. The van der Waals surface area contributed by atoms with E-state index in [1.165, 1.54) is 231 Å². The summed E-state index contributed by atoms with van der Waals surface area (Å²) in [5.41, 5.74) is 0. The highest BCUT2D eigenvalue weighted by atomic mass is 16.7. The lowest BCUT2D eigenvalue weighted by atomic mass is 9.99. The maximum absolute atomic E-state index is 13.1. The Morgan fingerprint density at radius 2 is 0.733 bits per heavy atom. The van der Waals surface area contributed by atoms with Gasteiger partial charge in [0.1, 0.15) is 24.4 Å². The molecular formula is C77H137NO8. The van der Waals surface area contributed by atoms with Crippen molar-refractivity contribution < 1.29 is 39.8 Å². The molecule has 1 fully saturated rings. The lowest BCUT2D eigenvalue weighted by Gasteiger charge is -2.40. The number of rotatable bonds is 63. The molecule has 1 aliphatic rings. The molecule has 1 saturated heterocycles. The van der Waals surface area contributed by atoms with E-state index in [1.54, 1.807) is 6.08 Å². The van der Waals surface area contributed by atoms with Crippen LogP contribution >= 0.6 is 0 Å². The zero-order valence-corrected chi connectivity index (χ0v) is 55.8. The Balaban J connectivity index is 2.13. The average molecular weight is 1200 g/mol. The van der Waals surface area contributed by atoms with Crippen molar-refractivity contribution in [3.63, 3.8) is 0 Å². The van der Waals surface area contributed by atoms with Gasteiger partial charge in [0.2, 0.25) is 5.91 Å². The highest BCUT2D eigenvalue weighted by molar-refractivity contribution is 5.76. The van der Waals surface area contributed by atoms with Crippen molar-refractivity contribution in [1.29, 1.82) is 0 Å². The average Bonchev–Trinajstić information content (AvgIpc) is 3.65. The molecule has 0 bridgehead atoms. The highest BCUT2D eigenvalue weighted by Gasteiger charge is 2.44. The van der Waals surface area contributed by atoms with Crippen molar-refractivity contribution in [3.05, 3.63) is 97.2 Å². The number of unbranched alkanes of at least 4 members (excludes halogenated alkanes) is 39. The van der Waals surface area contributed by atoms with Crippen LogP contribution in [0.1, 0.15) is 328 Å². The second-order valence-corrected chi connectivity index (χ2v) is 25.0. The van der Waals surface area contributed by atoms with Crippen LogP contribution in [0.25, 0.3) is 0 Å². The molecule has 0 aromatic carbocycles. The third-order valence-corrected chi connectivity index (χ3v) is 16.9. The van der Waals surface area contributed by atoms with E-state index in [0.717, 1.165) is 77.0 Å². The predicted molar refractivity (Wildman–Crippen MR) is 368 cm³/mol. The van der Waals surface area contributed by atoms with Crippen molar-refractivity contribution >= 4 is 5.91 Å². The molecule has 498 valence electrons. The number of amides is 1. The number of allylic oxidation sites excluding steroid dienone is 15. The van der Waals surface area contributed by atoms with Crippen LogP contribution < -0.4 is 5.32 Å². The van der Waals surface area contributed by atoms with E-state index in [-0.39, 0.29) is 12.5 Å². The largest absolute Gasteiger partial charge is 0.394 e. The van der Waals surface area contributed by atoms with E-state index in [4.69, 9.17) is 9.47 Å². The number of carbonyl (C=O) groups excluding carboxylic acids is 1. The summed E-state index contributed by atoms with van der Waals surface area (Å²) in [4.78, 5) is 13.1. The van der Waals surface area contributed by atoms with Gasteiger partial charge in [-0.25, -0.2) is 0 Å². The molecule has 9 nitrogen and oxygen atoms in total. The summed E-state index contributed by atoms with van der Waals surface area (Å²) in [6.45, 7) is 3.69. The van der Waals surface area contributed by atoms with Crippen molar-refractivity contribution in [1.82, 2.24) is 5.32 Å². The summed E-state index contributed by atoms with van der Waals surface area (Å²) in [6.07, 6.45) is 88.1. The molecule has 7 atom stereocenters. The van der Waals surface area contributed by atoms with Gasteiger partial charge in [0.05, 0.1) is 25.4 Å². The van der Waals surface area contributed by atoms with Gasteiger partial charge < -0.3 is 40.3 Å². The molecule has 1 heterocycles. The van der Waals surface area contributed by atoms with Gasteiger partial charge in [-0.05, 0) is 83.5 Å². The van der Waals surface area contributed by atoms with Crippen LogP contribution in [0, 0.1) is 0 Å². The summed E-state index contributed by atoms with van der Waals surface area (Å²) in [5, 5.41) is 54.8. The predicted octanol–water partition coefficient (Wildman–Crippen LogP) is 20.3. The summed E-state index contributed by atoms with van der Waals surface area (Å²) in [6, 6.07) is -0.828. The van der Waals surface area contributed by atoms with Crippen molar-refractivity contribution in [2.75, 3.05) is 13.2 Å². The Morgan fingerprint density at radius 3 is 1.12 bits per heavy atom. The second-order valence-electron chi connectivity index (χ2n) is 25.0. The van der Waals surface area contributed by atoms with E-state index in [0.29, 0.717) is 6.42 Å². The van der Waals surface area contributed by atoms with E-state index in [1.807, 2.05) is 6.08 Å². The third-order valence-electron chi connectivity index (χ3n) is 16.9. The first-order valence-corrected chi connectivity index (χ1v) is 36.5. The van der Waals surface area contributed by atoms with E-state index >= 15 is 0 Å². The molecule has 86 heavy (non-hydrogen) atoms. The molecule has 7 unspecified atom stereocenters. The van der Waals surface area contributed by atoms with Crippen LogP contribution in [0.15, 0.2) is 97.2 Å². The van der Waals surface area contributed by atoms with Crippen LogP contribution in [-0.2, 0) is 14.3 Å².